The van der Waals surface area contributed by atoms with Crippen molar-refractivity contribution in [2.75, 3.05) is 11.9 Å². The number of carbonyl (C=O) groups is 2. The lowest BCUT2D eigenvalue weighted by atomic mass is 9.99. The average Bonchev–Trinajstić information content (AvgIpc) is 2.93. The van der Waals surface area contributed by atoms with Gasteiger partial charge in [0.25, 0.3) is 5.91 Å². The lowest BCUT2D eigenvalue weighted by molar-refractivity contribution is -0.129. The van der Waals surface area contributed by atoms with Gasteiger partial charge in [0, 0.05) is 18.5 Å². The molecule has 0 radical (unpaired) electrons. The van der Waals surface area contributed by atoms with Crippen LogP contribution in [0.2, 0.25) is 0 Å². The van der Waals surface area contributed by atoms with Crippen molar-refractivity contribution in [2.24, 2.45) is 0 Å². The van der Waals surface area contributed by atoms with Gasteiger partial charge >= 0.3 is 0 Å². The molecule has 0 bridgehead atoms. The van der Waals surface area contributed by atoms with E-state index in [-0.39, 0.29) is 35.6 Å². The Morgan fingerprint density at radius 3 is 2.08 bits per heavy atom. The number of anilines is 1. The Kier molecular flexibility index (Phi) is 10.6. The summed E-state index contributed by atoms with van der Waals surface area (Å²) in [4.78, 5) is 23.3. The molecule has 3 rings (SSSR count). The molecule has 0 saturated heterocycles. The van der Waals surface area contributed by atoms with Crippen molar-refractivity contribution in [2.45, 2.75) is 38.1 Å². The van der Waals surface area contributed by atoms with Crippen LogP contribution in [0.1, 0.15) is 59.6 Å². The van der Waals surface area contributed by atoms with Crippen LogP contribution in [0.4, 0.5) is 10.1 Å². The van der Waals surface area contributed by atoms with Gasteiger partial charge in [-0.1, -0.05) is 73.5 Å². The Bertz CT molecular complexity index is 1140. The highest BCUT2D eigenvalue weighted by Gasteiger charge is 2.16. The summed E-state index contributed by atoms with van der Waals surface area (Å²) in [5, 5.41) is 25.5. The molecule has 3 aromatic rings. The van der Waals surface area contributed by atoms with Crippen LogP contribution in [-0.4, -0.2) is 29.5 Å². The molecular formula is C28H32FN5O3. The molecule has 0 atom stereocenters. The molecule has 0 aliphatic carbocycles. The maximum Gasteiger partial charge on any atom is 0.251 e. The van der Waals surface area contributed by atoms with E-state index in [9.17, 15) is 14.0 Å². The molecule has 0 aliphatic heterocycles. The average molecular weight is 506 g/mol. The van der Waals surface area contributed by atoms with Gasteiger partial charge in [-0.2, -0.15) is 0 Å². The summed E-state index contributed by atoms with van der Waals surface area (Å²) in [6, 6.07) is 23.2. The Balaban J connectivity index is 1.51. The predicted molar refractivity (Wildman–Crippen MR) is 141 cm³/mol. The fraction of sp³-hybridized carbons (Fsp3) is 0.250. The van der Waals surface area contributed by atoms with E-state index in [2.05, 4.69) is 16.0 Å². The van der Waals surface area contributed by atoms with Crippen molar-refractivity contribution in [3.63, 3.8) is 0 Å². The third-order valence-corrected chi connectivity index (χ3v) is 5.79. The van der Waals surface area contributed by atoms with Crippen molar-refractivity contribution >= 4 is 23.5 Å². The van der Waals surface area contributed by atoms with Gasteiger partial charge in [0.05, 0.1) is 11.7 Å². The number of carbonyl (C=O) groups excluding carboxylic acids is 2. The van der Waals surface area contributed by atoms with Gasteiger partial charge in [-0.3, -0.25) is 20.2 Å². The van der Waals surface area contributed by atoms with Crippen molar-refractivity contribution in [3.05, 3.63) is 101 Å². The molecule has 3 aromatic carbocycles. The van der Waals surface area contributed by atoms with Crippen molar-refractivity contribution < 1.29 is 19.2 Å². The monoisotopic (exact) mass is 505 g/mol. The quantitative estimate of drug-likeness (QED) is 0.0697. The number of hydroxylamine groups is 1. The molecule has 0 heterocycles. The lowest BCUT2D eigenvalue weighted by Gasteiger charge is -2.22. The van der Waals surface area contributed by atoms with Crippen molar-refractivity contribution in [1.82, 2.24) is 16.1 Å². The van der Waals surface area contributed by atoms with Crippen molar-refractivity contribution in [1.29, 1.82) is 5.41 Å². The van der Waals surface area contributed by atoms with E-state index in [4.69, 9.17) is 10.6 Å². The zero-order chi connectivity index (χ0) is 26.5. The van der Waals surface area contributed by atoms with Gasteiger partial charge in [-0.05, 0) is 42.2 Å². The van der Waals surface area contributed by atoms with E-state index in [1.807, 2.05) is 60.7 Å². The van der Waals surface area contributed by atoms with Gasteiger partial charge in [-0.15, -0.1) is 0 Å². The topological polar surface area (TPSA) is 126 Å². The van der Waals surface area contributed by atoms with Gasteiger partial charge in [0.2, 0.25) is 5.91 Å². The van der Waals surface area contributed by atoms with E-state index in [1.165, 1.54) is 12.1 Å². The summed E-state index contributed by atoms with van der Waals surface area (Å²) in [7, 11) is 0. The minimum Gasteiger partial charge on any atom is -0.352 e. The number of unbranched alkanes of at least 4 members (excludes halogenated alkanes) is 3. The first-order chi connectivity index (χ1) is 18.0. The zero-order valence-corrected chi connectivity index (χ0v) is 20.5. The largest absolute Gasteiger partial charge is 0.352 e. The molecule has 0 aromatic heterocycles. The summed E-state index contributed by atoms with van der Waals surface area (Å²) < 4.78 is 14.8. The number of rotatable bonds is 12. The Morgan fingerprint density at radius 2 is 1.49 bits per heavy atom. The first-order valence-corrected chi connectivity index (χ1v) is 12.2. The molecule has 8 nitrogen and oxygen atoms in total. The number of hydrogen-bond donors (Lipinski definition) is 6. The summed E-state index contributed by atoms with van der Waals surface area (Å²) in [6.45, 7) is 0.432. The molecule has 0 unspecified atom stereocenters. The SMILES string of the molecule is N=C(Nc1ccc(C(=O)NCCCCCCC(=O)NO)cc1F)NC(c1ccccc1)c1ccccc1. The van der Waals surface area contributed by atoms with Gasteiger partial charge in [0.15, 0.2) is 5.96 Å². The molecule has 37 heavy (non-hydrogen) atoms. The fourth-order valence-electron chi connectivity index (χ4n) is 3.85. The van der Waals surface area contributed by atoms with Crippen LogP contribution in [0.3, 0.4) is 0 Å². The summed E-state index contributed by atoms with van der Waals surface area (Å²) >= 11 is 0. The Morgan fingerprint density at radius 1 is 0.865 bits per heavy atom. The third kappa shape index (κ3) is 8.73. The van der Waals surface area contributed by atoms with Gasteiger partial charge < -0.3 is 16.0 Å². The minimum absolute atomic E-state index is 0.0784. The third-order valence-electron chi connectivity index (χ3n) is 5.79. The standard InChI is InChI=1S/C28H32FN5O3/c29-23-19-22(27(36)31-18-10-2-1-9-15-25(35)34-37)16-17-24(23)32-28(30)33-26(20-11-5-3-6-12-20)21-13-7-4-8-14-21/h3-8,11-14,16-17,19,26,37H,1-2,9-10,15,18H2,(H,31,36)(H,34,35)(H3,30,32,33). The van der Waals surface area contributed by atoms with E-state index < -0.39 is 11.7 Å². The molecular weight excluding hydrogens is 473 g/mol. The Hall–Kier alpha value is -4.24. The first-order valence-electron chi connectivity index (χ1n) is 12.2. The van der Waals surface area contributed by atoms with Crippen LogP contribution in [0, 0.1) is 11.2 Å². The fourth-order valence-corrected chi connectivity index (χ4v) is 3.85. The molecule has 0 spiro atoms. The smallest absolute Gasteiger partial charge is 0.251 e. The second kappa shape index (κ2) is 14.4. The molecule has 0 fully saturated rings. The zero-order valence-electron chi connectivity index (χ0n) is 20.5. The predicted octanol–water partition coefficient (Wildman–Crippen LogP) is 4.74. The molecule has 0 aliphatic rings. The number of guanidine groups is 1. The summed E-state index contributed by atoms with van der Waals surface area (Å²) in [5.41, 5.74) is 3.79. The highest BCUT2D eigenvalue weighted by molar-refractivity contribution is 5.96. The van der Waals surface area contributed by atoms with E-state index in [0.29, 0.717) is 13.0 Å². The number of benzene rings is 3. The van der Waals surface area contributed by atoms with Crippen LogP contribution in [0.25, 0.3) is 0 Å². The van der Waals surface area contributed by atoms with Crippen LogP contribution >= 0.6 is 0 Å². The number of halogens is 1. The molecule has 0 saturated carbocycles. The van der Waals surface area contributed by atoms with Crippen molar-refractivity contribution in [3.8, 4) is 0 Å². The van der Waals surface area contributed by atoms with E-state index in [1.54, 1.807) is 5.48 Å². The van der Waals surface area contributed by atoms with Gasteiger partial charge in [0.1, 0.15) is 5.82 Å². The van der Waals surface area contributed by atoms with E-state index in [0.717, 1.165) is 36.5 Å². The first kappa shape index (κ1) is 27.3. The number of nitrogens with one attached hydrogen (secondary N) is 5. The van der Waals surface area contributed by atoms with Crippen LogP contribution in [-0.2, 0) is 4.79 Å². The molecule has 194 valence electrons. The Labute approximate surface area is 215 Å². The molecule has 6 N–H and O–H groups in total. The van der Waals surface area contributed by atoms with E-state index >= 15 is 0 Å². The summed E-state index contributed by atoms with van der Waals surface area (Å²) in [5.74, 6) is -1.51. The highest BCUT2D eigenvalue weighted by atomic mass is 19.1. The van der Waals surface area contributed by atoms with Crippen LogP contribution in [0.15, 0.2) is 78.9 Å². The van der Waals surface area contributed by atoms with Crippen LogP contribution in [0.5, 0.6) is 0 Å². The maximum atomic E-state index is 14.8. The lowest BCUT2D eigenvalue weighted by Crippen LogP contribution is -2.34. The highest BCUT2D eigenvalue weighted by Crippen LogP contribution is 2.22. The maximum absolute atomic E-state index is 14.8. The number of amides is 2. The second-order valence-corrected chi connectivity index (χ2v) is 8.55. The second-order valence-electron chi connectivity index (χ2n) is 8.55. The van der Waals surface area contributed by atoms with Gasteiger partial charge in [-0.25, -0.2) is 9.87 Å². The number of hydrogen-bond acceptors (Lipinski definition) is 4. The summed E-state index contributed by atoms with van der Waals surface area (Å²) in [6.07, 6.45) is 3.25. The van der Waals surface area contributed by atoms with Crippen LogP contribution < -0.4 is 21.4 Å². The molecule has 2 amide bonds. The molecule has 9 heteroatoms. The minimum atomic E-state index is -0.641. The normalized spacial score (nSPS) is 10.6.